The molecule has 2 rings (SSSR count). The van der Waals surface area contributed by atoms with Crippen LogP contribution >= 0.6 is 0 Å². The first-order chi connectivity index (χ1) is 12.7. The zero-order chi connectivity index (χ0) is 21.6. The lowest BCUT2D eigenvalue weighted by Gasteiger charge is -2.26. The maximum atomic E-state index is 13.1. The summed E-state index contributed by atoms with van der Waals surface area (Å²) in [5.74, 6) is -4.65. The second-order valence-electron chi connectivity index (χ2n) is 6.46. The first-order valence-electron chi connectivity index (χ1n) is 7.85. The van der Waals surface area contributed by atoms with Crippen molar-refractivity contribution in [3.05, 3.63) is 35.4 Å². The van der Waals surface area contributed by atoms with Crippen LogP contribution in [0.15, 0.2) is 24.3 Å². The van der Waals surface area contributed by atoms with E-state index in [4.69, 9.17) is 0 Å². The molecule has 0 bridgehead atoms. The molecule has 0 unspecified atom stereocenters. The number of fused-ring (bicyclic) bond motifs is 1. The lowest BCUT2D eigenvalue weighted by Crippen LogP contribution is -2.28. The topological polar surface area (TPSA) is 40.6 Å². The van der Waals surface area contributed by atoms with Crippen LogP contribution in [0.5, 0.6) is 0 Å². The van der Waals surface area contributed by atoms with Crippen LogP contribution in [-0.2, 0) is 0 Å². The molecule has 10 heteroatoms. The van der Waals surface area contributed by atoms with E-state index in [2.05, 4.69) is 0 Å². The van der Waals surface area contributed by atoms with Crippen LogP contribution in [-0.4, -0.2) is 52.1 Å². The van der Waals surface area contributed by atoms with Gasteiger partial charge in [-0.25, -0.2) is 0 Å². The predicted octanol–water partition coefficient (Wildman–Crippen LogP) is 4.46. The Morgan fingerprint density at radius 1 is 0.786 bits per heavy atom. The number of ketones is 2. The standard InChI is InChI=1S/C18H16F6N2O2/c1-25(2)12-7-5-6-9-10(15(27)17(19,20)21)8-11(16(28)18(22,23)24)14(13(9)12)26(3)4/h5-8H,1-4H3. The zero-order valence-corrected chi connectivity index (χ0v) is 15.3. The van der Waals surface area contributed by atoms with Gasteiger partial charge in [-0.2, -0.15) is 26.3 Å². The summed E-state index contributed by atoms with van der Waals surface area (Å²) in [6, 6.07) is 4.44. The van der Waals surface area contributed by atoms with E-state index in [9.17, 15) is 35.9 Å². The number of benzene rings is 2. The molecule has 0 heterocycles. The summed E-state index contributed by atoms with van der Waals surface area (Å²) in [6.45, 7) is 0. The highest BCUT2D eigenvalue weighted by atomic mass is 19.4. The summed E-state index contributed by atoms with van der Waals surface area (Å²) in [4.78, 5) is 26.6. The quantitative estimate of drug-likeness (QED) is 0.555. The number of halogens is 6. The second kappa shape index (κ2) is 6.99. The minimum Gasteiger partial charge on any atom is -0.377 e. The Hall–Kier alpha value is -2.78. The Labute approximate surface area is 156 Å². The minimum atomic E-state index is -5.33. The van der Waals surface area contributed by atoms with E-state index in [1.165, 1.54) is 56.2 Å². The van der Waals surface area contributed by atoms with Gasteiger partial charge in [0.25, 0.3) is 11.6 Å². The summed E-state index contributed by atoms with van der Waals surface area (Å²) in [5.41, 5.74) is -1.99. The fraction of sp³-hybridized carbons (Fsp3) is 0.333. The number of carbonyl (C=O) groups is 2. The Balaban J connectivity index is 3.12. The van der Waals surface area contributed by atoms with Crippen LogP contribution in [0.2, 0.25) is 0 Å². The summed E-state index contributed by atoms with van der Waals surface area (Å²) in [7, 11) is 5.80. The van der Waals surface area contributed by atoms with Crippen molar-refractivity contribution in [2.75, 3.05) is 38.0 Å². The van der Waals surface area contributed by atoms with Crippen molar-refractivity contribution in [1.29, 1.82) is 0 Å². The highest BCUT2D eigenvalue weighted by molar-refractivity contribution is 6.21. The average Bonchev–Trinajstić information content (AvgIpc) is 2.56. The summed E-state index contributed by atoms with van der Waals surface area (Å²) in [6.07, 6.45) is -10.6. The normalized spacial score (nSPS) is 12.2. The van der Waals surface area contributed by atoms with Crippen LogP contribution in [0, 0.1) is 0 Å². The van der Waals surface area contributed by atoms with Crippen LogP contribution in [0.4, 0.5) is 37.7 Å². The van der Waals surface area contributed by atoms with Crippen LogP contribution in [0.1, 0.15) is 20.7 Å². The third-order valence-corrected chi connectivity index (χ3v) is 4.05. The monoisotopic (exact) mass is 406 g/mol. The van der Waals surface area contributed by atoms with E-state index in [1.807, 2.05) is 0 Å². The Bertz CT molecular complexity index is 946. The molecule has 0 spiro atoms. The molecule has 0 saturated carbocycles. The molecular formula is C18H16F6N2O2. The van der Waals surface area contributed by atoms with E-state index >= 15 is 0 Å². The van der Waals surface area contributed by atoms with Crippen molar-refractivity contribution in [3.63, 3.8) is 0 Å². The van der Waals surface area contributed by atoms with Gasteiger partial charge in [-0.05, 0) is 17.5 Å². The van der Waals surface area contributed by atoms with Crippen LogP contribution in [0.3, 0.4) is 0 Å². The highest BCUT2D eigenvalue weighted by Crippen LogP contribution is 2.42. The molecule has 0 aliphatic heterocycles. The number of rotatable bonds is 4. The van der Waals surface area contributed by atoms with Crippen molar-refractivity contribution >= 4 is 33.7 Å². The van der Waals surface area contributed by atoms with E-state index in [1.54, 1.807) is 0 Å². The molecular weight excluding hydrogens is 390 g/mol. The van der Waals surface area contributed by atoms with Crippen molar-refractivity contribution in [3.8, 4) is 0 Å². The lowest BCUT2D eigenvalue weighted by atomic mass is 9.92. The van der Waals surface area contributed by atoms with Gasteiger partial charge < -0.3 is 9.80 Å². The van der Waals surface area contributed by atoms with Crippen molar-refractivity contribution in [1.82, 2.24) is 0 Å². The Morgan fingerprint density at radius 3 is 1.71 bits per heavy atom. The number of alkyl halides is 6. The molecule has 0 saturated heterocycles. The molecule has 0 amide bonds. The fourth-order valence-electron chi connectivity index (χ4n) is 2.94. The molecule has 0 fully saturated rings. The Morgan fingerprint density at radius 2 is 1.29 bits per heavy atom. The van der Waals surface area contributed by atoms with E-state index in [-0.39, 0.29) is 22.1 Å². The molecule has 0 atom stereocenters. The van der Waals surface area contributed by atoms with Gasteiger partial charge in [0, 0.05) is 44.8 Å². The summed E-state index contributed by atoms with van der Waals surface area (Å²) in [5, 5.41) is -0.254. The van der Waals surface area contributed by atoms with Crippen LogP contribution < -0.4 is 9.80 Å². The van der Waals surface area contributed by atoms with E-state index in [0.717, 1.165) is 0 Å². The molecule has 0 aliphatic carbocycles. The number of carbonyl (C=O) groups excluding carboxylic acids is 2. The molecule has 28 heavy (non-hydrogen) atoms. The van der Waals surface area contributed by atoms with Gasteiger partial charge in [0.2, 0.25) is 0 Å². The maximum Gasteiger partial charge on any atom is 0.454 e. The first kappa shape index (κ1) is 21.5. The molecule has 152 valence electrons. The highest BCUT2D eigenvalue weighted by Gasteiger charge is 2.44. The number of hydrogen-bond donors (Lipinski definition) is 0. The third-order valence-electron chi connectivity index (χ3n) is 4.05. The summed E-state index contributed by atoms with van der Waals surface area (Å²) >= 11 is 0. The number of Topliss-reactive ketones (excluding diaryl/α,β-unsaturated/α-hetero) is 2. The van der Waals surface area contributed by atoms with Gasteiger partial charge in [-0.15, -0.1) is 0 Å². The molecule has 0 N–H and O–H groups in total. The SMILES string of the molecule is CN(C)c1cccc2c(C(=O)C(F)(F)F)cc(C(=O)C(F)(F)F)c(N(C)C)c12. The van der Waals surface area contributed by atoms with Gasteiger partial charge in [0.05, 0.1) is 11.3 Å². The van der Waals surface area contributed by atoms with Gasteiger partial charge >= 0.3 is 12.4 Å². The molecule has 0 radical (unpaired) electrons. The number of nitrogens with zero attached hydrogens (tertiary/aromatic N) is 2. The van der Waals surface area contributed by atoms with Crippen molar-refractivity contribution in [2.24, 2.45) is 0 Å². The van der Waals surface area contributed by atoms with E-state index in [0.29, 0.717) is 6.07 Å². The van der Waals surface area contributed by atoms with Gasteiger partial charge in [0.1, 0.15) is 0 Å². The van der Waals surface area contributed by atoms with Crippen molar-refractivity contribution < 1.29 is 35.9 Å². The largest absolute Gasteiger partial charge is 0.454 e. The van der Waals surface area contributed by atoms with Gasteiger partial charge in [-0.1, -0.05) is 12.1 Å². The number of hydrogen-bond acceptors (Lipinski definition) is 4. The lowest BCUT2D eigenvalue weighted by molar-refractivity contribution is -0.0886. The van der Waals surface area contributed by atoms with Gasteiger partial charge in [0.15, 0.2) is 0 Å². The average molecular weight is 406 g/mol. The smallest absolute Gasteiger partial charge is 0.377 e. The minimum absolute atomic E-state index is 0.0554. The van der Waals surface area contributed by atoms with Gasteiger partial charge in [-0.3, -0.25) is 9.59 Å². The fourth-order valence-corrected chi connectivity index (χ4v) is 2.94. The molecule has 2 aromatic carbocycles. The zero-order valence-electron chi connectivity index (χ0n) is 15.3. The maximum absolute atomic E-state index is 13.1. The van der Waals surface area contributed by atoms with E-state index < -0.39 is 35.0 Å². The predicted molar refractivity (Wildman–Crippen MR) is 93.4 cm³/mol. The molecule has 0 aromatic heterocycles. The molecule has 0 aliphatic rings. The third kappa shape index (κ3) is 3.76. The molecule has 2 aromatic rings. The first-order valence-corrected chi connectivity index (χ1v) is 7.85. The Kier molecular flexibility index (Phi) is 5.37. The summed E-state index contributed by atoms with van der Waals surface area (Å²) < 4.78 is 78.6. The molecule has 4 nitrogen and oxygen atoms in total. The second-order valence-corrected chi connectivity index (χ2v) is 6.46. The number of anilines is 2. The van der Waals surface area contributed by atoms with Crippen LogP contribution in [0.25, 0.3) is 10.8 Å². The van der Waals surface area contributed by atoms with Crippen molar-refractivity contribution in [2.45, 2.75) is 12.4 Å².